The van der Waals surface area contributed by atoms with Gasteiger partial charge in [0.2, 0.25) is 0 Å². The van der Waals surface area contributed by atoms with Crippen molar-refractivity contribution in [2.24, 2.45) is 5.92 Å². The fourth-order valence-electron chi connectivity index (χ4n) is 5.26. The highest BCUT2D eigenvalue weighted by molar-refractivity contribution is 9.10. The van der Waals surface area contributed by atoms with Crippen molar-refractivity contribution in [1.29, 1.82) is 0 Å². The molecule has 3 aromatic rings. The lowest BCUT2D eigenvalue weighted by molar-refractivity contribution is -0.187. The quantitative estimate of drug-likeness (QED) is 0.383. The van der Waals surface area contributed by atoms with Crippen LogP contribution in [0.5, 0.6) is 0 Å². The van der Waals surface area contributed by atoms with Crippen LogP contribution in [-0.4, -0.2) is 50.8 Å². The second kappa shape index (κ2) is 9.66. The third-order valence-electron chi connectivity index (χ3n) is 7.09. The molecule has 0 amide bonds. The number of halogens is 5. The predicted molar refractivity (Wildman–Crippen MR) is 131 cm³/mol. The van der Waals surface area contributed by atoms with Crippen molar-refractivity contribution in [3.63, 3.8) is 0 Å². The number of rotatable bonds is 4. The van der Waals surface area contributed by atoms with Crippen LogP contribution in [0.1, 0.15) is 38.5 Å². The highest BCUT2D eigenvalue weighted by Gasteiger charge is 2.43. The van der Waals surface area contributed by atoms with Crippen molar-refractivity contribution in [2.45, 2.75) is 56.8 Å². The van der Waals surface area contributed by atoms with Crippen LogP contribution in [0.4, 0.5) is 19.0 Å². The molecule has 2 atom stereocenters. The Kier molecular flexibility index (Phi) is 6.79. The van der Waals surface area contributed by atoms with E-state index >= 15 is 0 Å². The van der Waals surface area contributed by atoms with Gasteiger partial charge in [0.1, 0.15) is 5.82 Å². The van der Waals surface area contributed by atoms with Crippen LogP contribution in [0.25, 0.3) is 16.9 Å². The van der Waals surface area contributed by atoms with Gasteiger partial charge in [-0.25, -0.2) is 4.98 Å². The van der Waals surface area contributed by atoms with E-state index < -0.39 is 12.1 Å². The summed E-state index contributed by atoms with van der Waals surface area (Å²) in [5.41, 5.74) is 2.28. The first-order chi connectivity index (χ1) is 16.3. The van der Waals surface area contributed by atoms with E-state index in [2.05, 4.69) is 31.2 Å². The lowest BCUT2D eigenvalue weighted by Gasteiger charge is -2.41. The van der Waals surface area contributed by atoms with Crippen LogP contribution in [-0.2, 0) is 0 Å². The number of nitrogens with one attached hydrogen (secondary N) is 1. The largest absolute Gasteiger partial charge is 0.391 e. The monoisotopic (exact) mass is 555 g/mol. The average molecular weight is 557 g/mol. The van der Waals surface area contributed by atoms with Gasteiger partial charge in [0, 0.05) is 41.8 Å². The molecule has 0 radical (unpaired) electrons. The molecule has 3 heterocycles. The number of benzene rings is 1. The summed E-state index contributed by atoms with van der Waals surface area (Å²) in [6, 6.07) is 9.77. The molecule has 10 heteroatoms. The molecule has 2 unspecified atom stereocenters. The molecular formula is C24H26BrClF3N5. The number of anilines is 1. The number of hydrogen-bond acceptors (Lipinski definition) is 4. The summed E-state index contributed by atoms with van der Waals surface area (Å²) in [6.07, 6.45) is 1.37. The maximum absolute atomic E-state index is 13.2. The molecule has 1 N–H and O–H groups in total. The van der Waals surface area contributed by atoms with Crippen molar-refractivity contribution >= 4 is 39.0 Å². The van der Waals surface area contributed by atoms with E-state index in [-0.39, 0.29) is 24.9 Å². The maximum Gasteiger partial charge on any atom is 0.391 e. The standard InChI is InChI=1S/C24H26BrClF3N5/c25-19-14-30-34-22(13-21(32-23(19)34)18-6-1-2-7-20(18)26)31-16-8-10-33(11-9-16)17-5-3-4-15(12-17)24(27,28)29/h1-2,6-7,13-17,31H,3-5,8-12H2. The summed E-state index contributed by atoms with van der Waals surface area (Å²) in [5.74, 6) is -0.340. The average Bonchev–Trinajstić information content (AvgIpc) is 3.20. The van der Waals surface area contributed by atoms with E-state index in [0.717, 1.165) is 53.9 Å². The zero-order chi connectivity index (χ0) is 23.9. The molecular weight excluding hydrogens is 531 g/mol. The topological polar surface area (TPSA) is 45.5 Å². The molecule has 34 heavy (non-hydrogen) atoms. The van der Waals surface area contributed by atoms with Crippen molar-refractivity contribution in [3.05, 3.63) is 46.0 Å². The van der Waals surface area contributed by atoms with Crippen molar-refractivity contribution in [1.82, 2.24) is 19.5 Å². The van der Waals surface area contributed by atoms with Crippen LogP contribution in [0.3, 0.4) is 0 Å². The molecule has 1 aliphatic carbocycles. The normalized spacial score (nSPS) is 22.9. The maximum atomic E-state index is 13.2. The van der Waals surface area contributed by atoms with Gasteiger partial charge in [-0.15, -0.1) is 0 Å². The number of alkyl halides is 3. The number of fused-ring (bicyclic) bond motifs is 1. The van der Waals surface area contributed by atoms with Crippen LogP contribution >= 0.6 is 27.5 Å². The molecule has 182 valence electrons. The molecule has 0 bridgehead atoms. The summed E-state index contributed by atoms with van der Waals surface area (Å²) in [6.45, 7) is 1.59. The van der Waals surface area contributed by atoms with Gasteiger partial charge in [-0.3, -0.25) is 0 Å². The third-order valence-corrected chi connectivity index (χ3v) is 7.97. The number of piperidine rings is 1. The zero-order valence-corrected chi connectivity index (χ0v) is 20.9. The highest BCUT2D eigenvalue weighted by Crippen LogP contribution is 2.39. The van der Waals surface area contributed by atoms with Gasteiger partial charge in [-0.1, -0.05) is 36.2 Å². The van der Waals surface area contributed by atoms with Crippen molar-refractivity contribution < 1.29 is 13.2 Å². The van der Waals surface area contributed by atoms with Gasteiger partial charge >= 0.3 is 6.18 Å². The summed E-state index contributed by atoms with van der Waals surface area (Å²) in [5, 5.41) is 8.69. The van der Waals surface area contributed by atoms with E-state index in [1.807, 2.05) is 30.3 Å². The Balaban J connectivity index is 1.31. The SMILES string of the molecule is FC(F)(F)C1CCCC(N2CCC(Nc3cc(-c4ccccc4Cl)nc4c(Br)cnn34)CC2)C1. The first-order valence-corrected chi connectivity index (χ1v) is 12.8. The lowest BCUT2D eigenvalue weighted by atomic mass is 9.83. The van der Waals surface area contributed by atoms with Crippen LogP contribution < -0.4 is 5.32 Å². The first kappa shape index (κ1) is 23.9. The van der Waals surface area contributed by atoms with Gasteiger partial charge in [0.25, 0.3) is 0 Å². The van der Waals surface area contributed by atoms with E-state index in [9.17, 15) is 13.2 Å². The van der Waals surface area contributed by atoms with Crippen molar-refractivity contribution in [3.8, 4) is 11.3 Å². The molecule has 5 rings (SSSR count). The summed E-state index contributed by atoms with van der Waals surface area (Å²) in [4.78, 5) is 7.01. The van der Waals surface area contributed by atoms with E-state index in [4.69, 9.17) is 16.6 Å². The fourth-order valence-corrected chi connectivity index (χ4v) is 5.84. The molecule has 2 aromatic heterocycles. The molecule has 1 aliphatic heterocycles. The second-order valence-electron chi connectivity index (χ2n) is 9.25. The minimum absolute atomic E-state index is 0.0304. The minimum atomic E-state index is -4.08. The van der Waals surface area contributed by atoms with E-state index in [1.54, 1.807) is 10.7 Å². The lowest BCUT2D eigenvalue weighted by Crippen LogP contribution is -2.47. The Morgan fingerprint density at radius 1 is 1.09 bits per heavy atom. The van der Waals surface area contributed by atoms with Gasteiger partial charge in [0.05, 0.1) is 22.3 Å². The molecule has 2 fully saturated rings. The van der Waals surface area contributed by atoms with Gasteiger partial charge in [-0.05, 0) is 54.1 Å². The Hall–Kier alpha value is -1.84. The predicted octanol–water partition coefficient (Wildman–Crippen LogP) is 6.81. The molecule has 5 nitrogen and oxygen atoms in total. The molecule has 1 aromatic carbocycles. The van der Waals surface area contributed by atoms with Crippen LogP contribution in [0, 0.1) is 5.92 Å². The van der Waals surface area contributed by atoms with E-state index in [1.165, 1.54) is 0 Å². The highest BCUT2D eigenvalue weighted by atomic mass is 79.9. The second-order valence-corrected chi connectivity index (χ2v) is 10.5. The number of aromatic nitrogens is 3. The summed E-state index contributed by atoms with van der Waals surface area (Å²) in [7, 11) is 0. The van der Waals surface area contributed by atoms with Crippen molar-refractivity contribution in [2.75, 3.05) is 18.4 Å². The molecule has 2 aliphatic rings. The Labute approximate surface area is 209 Å². The van der Waals surface area contributed by atoms with Gasteiger partial charge < -0.3 is 10.2 Å². The zero-order valence-electron chi connectivity index (χ0n) is 18.5. The van der Waals surface area contributed by atoms with Crippen LogP contribution in [0.15, 0.2) is 41.0 Å². The number of likely N-dealkylation sites (tertiary alicyclic amines) is 1. The minimum Gasteiger partial charge on any atom is -0.367 e. The van der Waals surface area contributed by atoms with Crippen LogP contribution in [0.2, 0.25) is 5.02 Å². The molecule has 1 saturated carbocycles. The Morgan fingerprint density at radius 2 is 1.85 bits per heavy atom. The number of hydrogen-bond donors (Lipinski definition) is 1. The summed E-state index contributed by atoms with van der Waals surface area (Å²) >= 11 is 9.95. The fraction of sp³-hybridized carbons (Fsp3) is 0.500. The Bertz CT molecular complexity index is 1160. The first-order valence-electron chi connectivity index (χ1n) is 11.7. The number of nitrogens with zero attached hydrogens (tertiary/aromatic N) is 4. The van der Waals surface area contributed by atoms with E-state index in [0.29, 0.717) is 17.1 Å². The van der Waals surface area contributed by atoms with Gasteiger partial charge in [-0.2, -0.15) is 22.8 Å². The third kappa shape index (κ3) is 4.93. The smallest absolute Gasteiger partial charge is 0.367 e. The Morgan fingerprint density at radius 3 is 2.59 bits per heavy atom. The molecule has 1 saturated heterocycles. The molecule has 0 spiro atoms. The van der Waals surface area contributed by atoms with Gasteiger partial charge in [0.15, 0.2) is 5.65 Å². The summed E-state index contributed by atoms with van der Waals surface area (Å²) < 4.78 is 42.3.